The van der Waals surface area contributed by atoms with E-state index in [9.17, 15) is 0 Å². The lowest BCUT2D eigenvalue weighted by atomic mass is 9.95. The summed E-state index contributed by atoms with van der Waals surface area (Å²) in [6.45, 7) is 0. The molecular formula is C13H17N5O2. The third-order valence-corrected chi connectivity index (χ3v) is 3.65. The maximum absolute atomic E-state index is 6.30. The van der Waals surface area contributed by atoms with Crippen LogP contribution >= 0.6 is 0 Å². The summed E-state index contributed by atoms with van der Waals surface area (Å²) in [5, 5.41) is 11.8. The molecule has 3 rings (SSSR count). The molecule has 0 amide bonds. The van der Waals surface area contributed by atoms with Gasteiger partial charge in [-0.15, -0.1) is 10.2 Å². The number of aromatic nitrogens is 4. The van der Waals surface area contributed by atoms with E-state index in [1.54, 1.807) is 19.2 Å². The lowest BCUT2D eigenvalue weighted by Crippen LogP contribution is -2.38. The minimum atomic E-state index is -0.199. The van der Waals surface area contributed by atoms with E-state index >= 15 is 0 Å². The first-order valence-electron chi connectivity index (χ1n) is 6.68. The van der Waals surface area contributed by atoms with Crippen LogP contribution in [-0.2, 0) is 6.42 Å². The maximum Gasteiger partial charge on any atom is 0.233 e. The normalized spacial score (nSPS) is 17.3. The van der Waals surface area contributed by atoms with Gasteiger partial charge in [-0.05, 0) is 18.9 Å². The lowest BCUT2D eigenvalue weighted by Gasteiger charge is -2.20. The molecule has 20 heavy (non-hydrogen) atoms. The van der Waals surface area contributed by atoms with Gasteiger partial charge in [-0.2, -0.15) is 4.98 Å². The molecule has 0 spiro atoms. The molecule has 2 heterocycles. The molecule has 1 aliphatic rings. The smallest absolute Gasteiger partial charge is 0.233 e. The Morgan fingerprint density at radius 2 is 2.10 bits per heavy atom. The summed E-state index contributed by atoms with van der Waals surface area (Å²) in [4.78, 5) is 4.34. The van der Waals surface area contributed by atoms with Crippen LogP contribution < -0.4 is 10.5 Å². The number of nitrogens with two attached hydrogens (primary N) is 1. The number of ether oxygens (including phenoxy) is 1. The van der Waals surface area contributed by atoms with E-state index < -0.39 is 0 Å². The second-order valence-corrected chi connectivity index (χ2v) is 5.22. The molecule has 106 valence electrons. The summed E-state index contributed by atoms with van der Waals surface area (Å²) in [6, 6.07) is 3.45. The molecule has 2 aromatic heterocycles. The van der Waals surface area contributed by atoms with Crippen molar-refractivity contribution in [1.29, 1.82) is 0 Å². The fourth-order valence-electron chi connectivity index (χ4n) is 2.54. The van der Waals surface area contributed by atoms with E-state index in [1.165, 1.54) is 12.8 Å². The Morgan fingerprint density at radius 3 is 2.75 bits per heavy atom. The van der Waals surface area contributed by atoms with Crippen LogP contribution in [0.3, 0.4) is 0 Å². The van der Waals surface area contributed by atoms with Gasteiger partial charge in [-0.1, -0.05) is 18.0 Å². The van der Waals surface area contributed by atoms with E-state index in [2.05, 4.69) is 20.3 Å². The molecule has 7 nitrogen and oxygen atoms in total. The molecule has 0 aliphatic heterocycles. The van der Waals surface area contributed by atoms with Gasteiger partial charge in [0.2, 0.25) is 17.6 Å². The summed E-state index contributed by atoms with van der Waals surface area (Å²) in [5.74, 6) is 1.43. The van der Waals surface area contributed by atoms with Crippen LogP contribution in [0.4, 0.5) is 0 Å². The van der Waals surface area contributed by atoms with Crippen molar-refractivity contribution in [3.8, 4) is 17.4 Å². The van der Waals surface area contributed by atoms with Gasteiger partial charge in [0.25, 0.3) is 0 Å². The van der Waals surface area contributed by atoms with Crippen molar-refractivity contribution in [3.63, 3.8) is 0 Å². The van der Waals surface area contributed by atoms with Crippen molar-refractivity contribution in [2.24, 2.45) is 5.73 Å². The van der Waals surface area contributed by atoms with Crippen molar-refractivity contribution in [1.82, 2.24) is 20.3 Å². The molecule has 7 heteroatoms. The molecule has 1 saturated carbocycles. The number of hydrogen-bond acceptors (Lipinski definition) is 7. The molecule has 0 aromatic carbocycles. The number of hydrogen-bond donors (Lipinski definition) is 1. The van der Waals surface area contributed by atoms with Gasteiger partial charge < -0.3 is 15.0 Å². The SMILES string of the molecule is COc1ccc(-c2noc(CC3(N)CCCC3)n2)nn1. The van der Waals surface area contributed by atoms with Crippen LogP contribution in [-0.4, -0.2) is 33.0 Å². The van der Waals surface area contributed by atoms with Crippen LogP contribution in [0.15, 0.2) is 16.7 Å². The maximum atomic E-state index is 6.30. The zero-order valence-electron chi connectivity index (χ0n) is 11.4. The van der Waals surface area contributed by atoms with Crippen molar-refractivity contribution >= 4 is 0 Å². The van der Waals surface area contributed by atoms with Crippen LogP contribution in [0.1, 0.15) is 31.6 Å². The first kappa shape index (κ1) is 13.0. The Morgan fingerprint density at radius 1 is 1.30 bits per heavy atom. The quantitative estimate of drug-likeness (QED) is 0.898. The van der Waals surface area contributed by atoms with Crippen LogP contribution in [0.5, 0.6) is 5.88 Å². The Bertz CT molecular complexity index is 575. The fraction of sp³-hybridized carbons (Fsp3) is 0.538. The molecule has 0 bridgehead atoms. The third kappa shape index (κ3) is 2.62. The zero-order valence-corrected chi connectivity index (χ0v) is 11.4. The molecule has 1 aliphatic carbocycles. The molecule has 0 saturated heterocycles. The van der Waals surface area contributed by atoms with Crippen molar-refractivity contribution in [2.75, 3.05) is 7.11 Å². The summed E-state index contributed by atoms with van der Waals surface area (Å²) >= 11 is 0. The van der Waals surface area contributed by atoms with Gasteiger partial charge in [0.15, 0.2) is 0 Å². The largest absolute Gasteiger partial charge is 0.480 e. The van der Waals surface area contributed by atoms with E-state index in [-0.39, 0.29) is 5.54 Å². The summed E-state index contributed by atoms with van der Waals surface area (Å²) in [6.07, 6.45) is 4.96. The average Bonchev–Trinajstić information content (AvgIpc) is 3.09. The number of methoxy groups -OCH3 is 1. The summed E-state index contributed by atoms with van der Waals surface area (Å²) in [5.41, 5.74) is 6.66. The molecular weight excluding hydrogens is 258 g/mol. The first-order chi connectivity index (χ1) is 9.68. The topological polar surface area (TPSA) is 100.0 Å². The number of nitrogens with zero attached hydrogens (tertiary/aromatic N) is 4. The van der Waals surface area contributed by atoms with Gasteiger partial charge in [0, 0.05) is 18.0 Å². The highest BCUT2D eigenvalue weighted by Gasteiger charge is 2.31. The predicted octanol–water partition coefficient (Wildman–Crippen LogP) is 1.35. The Hall–Kier alpha value is -2.02. The molecule has 2 aromatic rings. The predicted molar refractivity (Wildman–Crippen MR) is 71.0 cm³/mol. The standard InChI is InChI=1S/C13H17N5O2/c1-19-10-5-4-9(16-17-10)12-15-11(20-18-12)8-13(14)6-2-3-7-13/h4-5H,2-3,6-8,14H2,1H3. The van der Waals surface area contributed by atoms with Gasteiger partial charge in [0.05, 0.1) is 7.11 Å². The fourth-order valence-corrected chi connectivity index (χ4v) is 2.54. The van der Waals surface area contributed by atoms with Crippen LogP contribution in [0, 0.1) is 0 Å². The minimum Gasteiger partial charge on any atom is -0.480 e. The highest BCUT2D eigenvalue weighted by Crippen LogP contribution is 2.30. The van der Waals surface area contributed by atoms with Crippen molar-refractivity contribution in [3.05, 3.63) is 18.0 Å². The van der Waals surface area contributed by atoms with Crippen LogP contribution in [0.2, 0.25) is 0 Å². The van der Waals surface area contributed by atoms with E-state index in [0.29, 0.717) is 29.7 Å². The minimum absolute atomic E-state index is 0.199. The molecule has 1 fully saturated rings. The monoisotopic (exact) mass is 275 g/mol. The second kappa shape index (κ2) is 5.16. The summed E-state index contributed by atoms with van der Waals surface area (Å²) in [7, 11) is 1.54. The first-order valence-corrected chi connectivity index (χ1v) is 6.68. The van der Waals surface area contributed by atoms with Crippen LogP contribution in [0.25, 0.3) is 11.5 Å². The van der Waals surface area contributed by atoms with Gasteiger partial charge in [-0.3, -0.25) is 0 Å². The van der Waals surface area contributed by atoms with Gasteiger partial charge in [0.1, 0.15) is 5.69 Å². The third-order valence-electron chi connectivity index (χ3n) is 3.65. The molecule has 0 atom stereocenters. The Balaban J connectivity index is 1.75. The van der Waals surface area contributed by atoms with Crippen molar-refractivity contribution in [2.45, 2.75) is 37.6 Å². The Labute approximate surface area is 116 Å². The van der Waals surface area contributed by atoms with Gasteiger partial charge in [-0.25, -0.2) is 0 Å². The van der Waals surface area contributed by atoms with Gasteiger partial charge >= 0.3 is 0 Å². The number of rotatable bonds is 4. The van der Waals surface area contributed by atoms with Crippen molar-refractivity contribution < 1.29 is 9.26 Å². The van der Waals surface area contributed by atoms with E-state index in [0.717, 1.165) is 12.8 Å². The average molecular weight is 275 g/mol. The Kier molecular flexibility index (Phi) is 3.35. The molecule has 0 unspecified atom stereocenters. The molecule has 2 N–H and O–H groups in total. The highest BCUT2D eigenvalue weighted by atomic mass is 16.5. The summed E-state index contributed by atoms with van der Waals surface area (Å²) < 4.78 is 10.2. The van der Waals surface area contributed by atoms with E-state index in [4.69, 9.17) is 15.0 Å². The van der Waals surface area contributed by atoms with E-state index in [1.807, 2.05) is 0 Å². The second-order valence-electron chi connectivity index (χ2n) is 5.22. The highest BCUT2D eigenvalue weighted by molar-refractivity contribution is 5.47. The molecule has 0 radical (unpaired) electrons. The lowest BCUT2D eigenvalue weighted by molar-refractivity contribution is 0.329. The zero-order chi connectivity index (χ0) is 14.0.